The van der Waals surface area contributed by atoms with Crippen LogP contribution in [0.1, 0.15) is 25.8 Å². The van der Waals surface area contributed by atoms with Crippen molar-refractivity contribution < 1.29 is 14.3 Å². The molecule has 0 radical (unpaired) electrons. The fourth-order valence-electron chi connectivity index (χ4n) is 1.95. The Kier molecular flexibility index (Phi) is 5.72. The number of ether oxygens (including phenoxy) is 1. The molecule has 1 rings (SSSR count). The second kappa shape index (κ2) is 7.08. The zero-order chi connectivity index (χ0) is 16.0. The van der Waals surface area contributed by atoms with Crippen LogP contribution in [0.15, 0.2) is 24.3 Å². The van der Waals surface area contributed by atoms with Crippen molar-refractivity contribution in [1.29, 1.82) is 0 Å². The number of carbonyl (C=O) groups is 2. The van der Waals surface area contributed by atoms with Crippen molar-refractivity contribution in [1.82, 2.24) is 4.90 Å². The van der Waals surface area contributed by atoms with Gasteiger partial charge in [-0.3, -0.25) is 9.59 Å². The summed E-state index contributed by atoms with van der Waals surface area (Å²) in [5.74, 6) is -0.823. The summed E-state index contributed by atoms with van der Waals surface area (Å²) in [7, 11) is 1.48. The molecule has 6 heteroatoms. The number of carbonyl (C=O) groups excluding carboxylic acids is 2. The summed E-state index contributed by atoms with van der Waals surface area (Å²) in [5.41, 5.74) is 11.4. The van der Waals surface area contributed by atoms with E-state index in [4.69, 9.17) is 16.2 Å². The first-order valence-electron chi connectivity index (χ1n) is 6.79. The van der Waals surface area contributed by atoms with Crippen LogP contribution in [-0.4, -0.2) is 36.0 Å². The predicted molar refractivity (Wildman–Crippen MR) is 81.2 cm³/mol. The number of methoxy groups -OCH3 is 1. The van der Waals surface area contributed by atoms with E-state index < -0.39 is 11.5 Å². The van der Waals surface area contributed by atoms with Crippen LogP contribution in [0.4, 0.5) is 5.69 Å². The molecule has 0 aliphatic rings. The smallest absolute Gasteiger partial charge is 0.255 e. The maximum absolute atomic E-state index is 12.6. The molecule has 0 aliphatic carbocycles. The van der Waals surface area contributed by atoms with E-state index in [2.05, 4.69) is 0 Å². The highest BCUT2D eigenvalue weighted by molar-refractivity contribution is 5.88. The molecule has 4 N–H and O–H groups in total. The molecule has 1 aromatic carbocycles. The van der Waals surface area contributed by atoms with E-state index in [0.717, 1.165) is 5.56 Å². The van der Waals surface area contributed by atoms with Crippen molar-refractivity contribution in [3.05, 3.63) is 29.8 Å². The van der Waals surface area contributed by atoms with Crippen molar-refractivity contribution in [3.63, 3.8) is 0 Å². The number of hydrogen-bond acceptors (Lipinski definition) is 4. The Morgan fingerprint density at radius 3 is 2.29 bits per heavy atom. The van der Waals surface area contributed by atoms with Crippen LogP contribution >= 0.6 is 0 Å². The van der Waals surface area contributed by atoms with E-state index in [9.17, 15) is 9.59 Å². The molecule has 0 fully saturated rings. The maximum Gasteiger partial charge on any atom is 0.255 e. The number of primary amides is 1. The lowest BCUT2D eigenvalue weighted by molar-refractivity contribution is -0.155. The molecular weight excluding hydrogens is 270 g/mol. The Bertz CT molecular complexity index is 495. The van der Waals surface area contributed by atoms with Crippen molar-refractivity contribution in [2.75, 3.05) is 19.4 Å². The summed E-state index contributed by atoms with van der Waals surface area (Å²) >= 11 is 0. The van der Waals surface area contributed by atoms with Gasteiger partial charge in [0.25, 0.3) is 5.91 Å². The third kappa shape index (κ3) is 4.46. The minimum absolute atomic E-state index is 0.151. The summed E-state index contributed by atoms with van der Waals surface area (Å²) in [5, 5.41) is 0. The number of hydrogen-bond donors (Lipinski definition) is 2. The molecule has 1 aromatic rings. The molecule has 0 aliphatic heterocycles. The Morgan fingerprint density at radius 1 is 1.29 bits per heavy atom. The van der Waals surface area contributed by atoms with Gasteiger partial charge < -0.3 is 21.1 Å². The molecule has 0 bridgehead atoms. The molecule has 6 nitrogen and oxygen atoms in total. The Hall–Kier alpha value is -2.08. The van der Waals surface area contributed by atoms with Gasteiger partial charge in [0.15, 0.2) is 0 Å². The fraction of sp³-hybridized carbons (Fsp3) is 0.467. The van der Waals surface area contributed by atoms with Crippen LogP contribution in [0.2, 0.25) is 0 Å². The number of rotatable bonds is 7. The largest absolute Gasteiger partial charge is 0.399 e. The predicted octanol–water partition coefficient (Wildman–Crippen LogP) is 0.898. The van der Waals surface area contributed by atoms with Crippen LogP contribution < -0.4 is 11.5 Å². The second-order valence-electron chi connectivity index (χ2n) is 5.16. The van der Waals surface area contributed by atoms with E-state index in [1.807, 2.05) is 19.1 Å². The van der Waals surface area contributed by atoms with Crippen molar-refractivity contribution >= 4 is 17.5 Å². The zero-order valence-corrected chi connectivity index (χ0v) is 12.8. The van der Waals surface area contributed by atoms with Gasteiger partial charge in [-0.1, -0.05) is 19.1 Å². The topological polar surface area (TPSA) is 98.6 Å². The van der Waals surface area contributed by atoms with E-state index in [0.29, 0.717) is 12.1 Å². The standard InChI is InChI=1S/C15H23N3O3/c1-4-15(2,21-3)14(20)18(10-13(17)19)9-11-5-7-12(16)8-6-11/h5-8H,4,9-10,16H2,1-3H3,(H2,17,19). The van der Waals surface area contributed by atoms with Crippen LogP contribution in [-0.2, 0) is 20.9 Å². The number of nitrogen functional groups attached to an aromatic ring is 1. The molecule has 0 saturated carbocycles. The number of nitrogens with zero attached hydrogens (tertiary/aromatic N) is 1. The first kappa shape index (κ1) is 17.0. The lowest BCUT2D eigenvalue weighted by Crippen LogP contribution is -2.50. The highest BCUT2D eigenvalue weighted by Crippen LogP contribution is 2.19. The highest BCUT2D eigenvalue weighted by Gasteiger charge is 2.35. The minimum Gasteiger partial charge on any atom is -0.399 e. The normalized spacial score (nSPS) is 13.5. The molecule has 0 aromatic heterocycles. The SMILES string of the molecule is CCC(C)(OC)C(=O)N(CC(N)=O)Cc1ccc(N)cc1. The minimum atomic E-state index is -0.969. The van der Waals surface area contributed by atoms with Gasteiger partial charge in [-0.05, 0) is 31.0 Å². The van der Waals surface area contributed by atoms with Gasteiger partial charge in [-0.2, -0.15) is 0 Å². The Morgan fingerprint density at radius 2 is 1.86 bits per heavy atom. The summed E-state index contributed by atoms with van der Waals surface area (Å²) in [6.07, 6.45) is 0.499. The highest BCUT2D eigenvalue weighted by atomic mass is 16.5. The molecule has 0 saturated heterocycles. The van der Waals surface area contributed by atoms with Gasteiger partial charge in [0.2, 0.25) is 5.91 Å². The monoisotopic (exact) mass is 293 g/mol. The third-order valence-electron chi connectivity index (χ3n) is 3.56. The van der Waals surface area contributed by atoms with Gasteiger partial charge in [-0.15, -0.1) is 0 Å². The van der Waals surface area contributed by atoms with Crippen LogP contribution in [0.25, 0.3) is 0 Å². The first-order chi connectivity index (χ1) is 9.82. The second-order valence-corrected chi connectivity index (χ2v) is 5.16. The molecule has 2 amide bonds. The van der Waals surface area contributed by atoms with Gasteiger partial charge in [0, 0.05) is 19.3 Å². The summed E-state index contributed by atoms with van der Waals surface area (Å²) in [6, 6.07) is 7.12. The maximum atomic E-state index is 12.6. The molecule has 1 unspecified atom stereocenters. The van der Waals surface area contributed by atoms with Gasteiger partial charge >= 0.3 is 0 Å². The lowest BCUT2D eigenvalue weighted by atomic mass is 10.0. The van der Waals surface area contributed by atoms with Gasteiger partial charge in [0.05, 0.1) is 6.54 Å². The van der Waals surface area contributed by atoms with Crippen molar-refractivity contribution in [2.45, 2.75) is 32.4 Å². The van der Waals surface area contributed by atoms with Crippen LogP contribution in [0.3, 0.4) is 0 Å². The molecule has 1 atom stereocenters. The Labute approximate surface area is 125 Å². The molecule has 0 heterocycles. The van der Waals surface area contributed by atoms with Gasteiger partial charge in [0.1, 0.15) is 5.60 Å². The summed E-state index contributed by atoms with van der Waals surface area (Å²) in [4.78, 5) is 25.2. The average molecular weight is 293 g/mol. The molecule has 116 valence electrons. The zero-order valence-electron chi connectivity index (χ0n) is 12.8. The quantitative estimate of drug-likeness (QED) is 0.730. The lowest BCUT2D eigenvalue weighted by Gasteiger charge is -2.32. The van der Waals surface area contributed by atoms with E-state index in [-0.39, 0.29) is 19.0 Å². The van der Waals surface area contributed by atoms with Crippen LogP contribution in [0, 0.1) is 0 Å². The van der Waals surface area contributed by atoms with Gasteiger partial charge in [-0.25, -0.2) is 0 Å². The van der Waals surface area contributed by atoms with E-state index in [1.165, 1.54) is 12.0 Å². The van der Waals surface area contributed by atoms with Crippen LogP contribution in [0.5, 0.6) is 0 Å². The first-order valence-corrected chi connectivity index (χ1v) is 6.79. The summed E-state index contributed by atoms with van der Waals surface area (Å²) in [6.45, 7) is 3.68. The number of nitrogens with two attached hydrogens (primary N) is 2. The third-order valence-corrected chi connectivity index (χ3v) is 3.56. The molecule has 21 heavy (non-hydrogen) atoms. The average Bonchev–Trinajstić information content (AvgIpc) is 2.46. The van der Waals surface area contributed by atoms with Crippen molar-refractivity contribution in [2.24, 2.45) is 5.73 Å². The van der Waals surface area contributed by atoms with E-state index in [1.54, 1.807) is 19.1 Å². The van der Waals surface area contributed by atoms with E-state index >= 15 is 0 Å². The fourth-order valence-corrected chi connectivity index (χ4v) is 1.95. The number of anilines is 1. The number of amides is 2. The van der Waals surface area contributed by atoms with Crippen molar-refractivity contribution in [3.8, 4) is 0 Å². The molecular formula is C15H23N3O3. The molecule has 0 spiro atoms. The Balaban J connectivity index is 2.97. The number of benzene rings is 1. The summed E-state index contributed by atoms with van der Waals surface area (Å²) < 4.78 is 5.30.